The Morgan fingerprint density at radius 1 is 1.40 bits per heavy atom. The zero-order valence-electron chi connectivity index (χ0n) is 9.16. The summed E-state index contributed by atoms with van der Waals surface area (Å²) in [5, 5.41) is 12.8. The summed E-state index contributed by atoms with van der Waals surface area (Å²) in [4.78, 5) is 11.1. The number of rotatable bonds is 4. The van der Waals surface area contributed by atoms with Crippen molar-refractivity contribution < 1.29 is 9.90 Å². The van der Waals surface area contributed by atoms with E-state index in [1.165, 1.54) is 0 Å². The molecule has 3 heteroatoms. The van der Waals surface area contributed by atoms with Crippen LogP contribution < -0.4 is 5.32 Å². The van der Waals surface area contributed by atoms with Crippen molar-refractivity contribution in [2.45, 2.75) is 25.9 Å². The number of nitrogens with one attached hydrogen (secondary N) is 1. The molecule has 0 aliphatic carbocycles. The molecule has 0 aromatic heterocycles. The molecule has 0 heterocycles. The normalized spacial score (nSPS) is 14.3. The SMILES string of the molecule is CCC(=O)NCC(C)(O)c1ccccc1. The molecule has 1 atom stereocenters. The molecule has 0 bridgehead atoms. The van der Waals surface area contributed by atoms with Crippen LogP contribution in [0.15, 0.2) is 30.3 Å². The fourth-order valence-electron chi connectivity index (χ4n) is 1.29. The molecule has 82 valence electrons. The van der Waals surface area contributed by atoms with Gasteiger partial charge < -0.3 is 10.4 Å². The summed E-state index contributed by atoms with van der Waals surface area (Å²) in [6.45, 7) is 3.72. The van der Waals surface area contributed by atoms with E-state index in [2.05, 4.69) is 5.32 Å². The molecule has 1 rings (SSSR count). The average molecular weight is 207 g/mol. The van der Waals surface area contributed by atoms with Gasteiger partial charge in [-0.2, -0.15) is 0 Å². The number of hydrogen-bond donors (Lipinski definition) is 2. The Morgan fingerprint density at radius 2 is 2.00 bits per heavy atom. The fraction of sp³-hybridized carbons (Fsp3) is 0.417. The van der Waals surface area contributed by atoms with E-state index in [9.17, 15) is 9.90 Å². The van der Waals surface area contributed by atoms with Crippen molar-refractivity contribution in [2.24, 2.45) is 0 Å². The second-order valence-electron chi connectivity index (χ2n) is 3.77. The third-order valence-electron chi connectivity index (χ3n) is 2.35. The summed E-state index contributed by atoms with van der Waals surface area (Å²) < 4.78 is 0. The van der Waals surface area contributed by atoms with Crippen molar-refractivity contribution in [2.75, 3.05) is 6.54 Å². The molecule has 1 aromatic carbocycles. The van der Waals surface area contributed by atoms with Crippen LogP contribution in [-0.4, -0.2) is 17.6 Å². The quantitative estimate of drug-likeness (QED) is 0.784. The lowest BCUT2D eigenvalue weighted by Gasteiger charge is -2.24. The maximum atomic E-state index is 11.1. The zero-order chi connectivity index (χ0) is 11.3. The Hall–Kier alpha value is -1.35. The Balaban J connectivity index is 2.63. The van der Waals surface area contributed by atoms with Gasteiger partial charge in [0, 0.05) is 6.42 Å². The van der Waals surface area contributed by atoms with E-state index in [1.54, 1.807) is 13.8 Å². The van der Waals surface area contributed by atoms with Gasteiger partial charge in [-0.25, -0.2) is 0 Å². The van der Waals surface area contributed by atoms with Gasteiger partial charge in [-0.1, -0.05) is 37.3 Å². The zero-order valence-corrected chi connectivity index (χ0v) is 9.16. The molecule has 1 aromatic rings. The number of carbonyl (C=O) groups excluding carboxylic acids is 1. The first-order valence-corrected chi connectivity index (χ1v) is 5.11. The van der Waals surface area contributed by atoms with E-state index in [4.69, 9.17) is 0 Å². The summed E-state index contributed by atoms with van der Waals surface area (Å²) in [5.74, 6) is -0.0498. The first kappa shape index (κ1) is 11.7. The Bertz CT molecular complexity index is 320. The minimum absolute atomic E-state index is 0.0498. The molecule has 0 saturated heterocycles. The molecule has 0 radical (unpaired) electrons. The molecule has 0 spiro atoms. The predicted molar refractivity (Wildman–Crippen MR) is 59.3 cm³/mol. The highest BCUT2D eigenvalue weighted by molar-refractivity contribution is 5.75. The molecule has 0 saturated carbocycles. The summed E-state index contributed by atoms with van der Waals surface area (Å²) in [5.41, 5.74) is -0.201. The highest BCUT2D eigenvalue weighted by atomic mass is 16.3. The van der Waals surface area contributed by atoms with E-state index in [-0.39, 0.29) is 12.5 Å². The van der Waals surface area contributed by atoms with Gasteiger partial charge in [-0.3, -0.25) is 4.79 Å². The van der Waals surface area contributed by atoms with Crippen LogP contribution in [0.3, 0.4) is 0 Å². The number of amides is 1. The van der Waals surface area contributed by atoms with Gasteiger partial charge >= 0.3 is 0 Å². The average Bonchev–Trinajstić information content (AvgIpc) is 2.27. The highest BCUT2D eigenvalue weighted by Gasteiger charge is 2.22. The van der Waals surface area contributed by atoms with Crippen molar-refractivity contribution in [3.05, 3.63) is 35.9 Å². The molecular weight excluding hydrogens is 190 g/mol. The lowest BCUT2D eigenvalue weighted by Crippen LogP contribution is -2.38. The first-order chi connectivity index (χ1) is 7.06. The monoisotopic (exact) mass is 207 g/mol. The molecule has 0 aliphatic heterocycles. The molecule has 1 unspecified atom stereocenters. The topological polar surface area (TPSA) is 49.3 Å². The number of carbonyl (C=O) groups is 1. The molecule has 3 nitrogen and oxygen atoms in total. The number of hydrogen-bond acceptors (Lipinski definition) is 2. The maximum absolute atomic E-state index is 11.1. The standard InChI is InChI=1S/C12H17NO2/c1-3-11(14)13-9-12(2,15)10-7-5-4-6-8-10/h4-8,15H,3,9H2,1-2H3,(H,13,14). The molecule has 0 aliphatic rings. The predicted octanol–water partition coefficient (Wildman–Crippen LogP) is 1.42. The van der Waals surface area contributed by atoms with Crippen LogP contribution in [0.5, 0.6) is 0 Å². The lowest BCUT2D eigenvalue weighted by atomic mass is 9.96. The Labute approximate surface area is 90.1 Å². The maximum Gasteiger partial charge on any atom is 0.219 e. The van der Waals surface area contributed by atoms with E-state index >= 15 is 0 Å². The van der Waals surface area contributed by atoms with Crippen LogP contribution in [0.1, 0.15) is 25.8 Å². The van der Waals surface area contributed by atoms with Gasteiger partial charge in [-0.15, -0.1) is 0 Å². The smallest absolute Gasteiger partial charge is 0.219 e. The summed E-state index contributed by atoms with van der Waals surface area (Å²) in [6.07, 6.45) is 0.435. The lowest BCUT2D eigenvalue weighted by molar-refractivity contribution is -0.122. The Morgan fingerprint density at radius 3 is 2.53 bits per heavy atom. The molecule has 1 amide bonds. The third kappa shape index (κ3) is 3.36. The third-order valence-corrected chi connectivity index (χ3v) is 2.35. The highest BCUT2D eigenvalue weighted by Crippen LogP contribution is 2.18. The van der Waals surface area contributed by atoms with Crippen LogP contribution in [0, 0.1) is 0 Å². The summed E-state index contributed by atoms with van der Waals surface area (Å²) in [7, 11) is 0. The van der Waals surface area contributed by atoms with Crippen molar-refractivity contribution >= 4 is 5.91 Å². The number of aliphatic hydroxyl groups is 1. The van der Waals surface area contributed by atoms with E-state index in [0.717, 1.165) is 5.56 Å². The van der Waals surface area contributed by atoms with Crippen LogP contribution in [0.2, 0.25) is 0 Å². The van der Waals surface area contributed by atoms with Crippen molar-refractivity contribution in [1.82, 2.24) is 5.32 Å². The summed E-state index contributed by atoms with van der Waals surface area (Å²) in [6, 6.07) is 9.32. The molecule has 2 N–H and O–H groups in total. The molecule has 15 heavy (non-hydrogen) atoms. The second-order valence-corrected chi connectivity index (χ2v) is 3.77. The summed E-state index contributed by atoms with van der Waals surface area (Å²) >= 11 is 0. The van der Waals surface area contributed by atoms with Crippen LogP contribution in [0.4, 0.5) is 0 Å². The van der Waals surface area contributed by atoms with Crippen LogP contribution >= 0.6 is 0 Å². The number of benzene rings is 1. The van der Waals surface area contributed by atoms with Crippen molar-refractivity contribution in [3.8, 4) is 0 Å². The molecule has 0 fully saturated rings. The van der Waals surface area contributed by atoms with Crippen molar-refractivity contribution in [3.63, 3.8) is 0 Å². The second kappa shape index (κ2) is 4.94. The van der Waals surface area contributed by atoms with Crippen LogP contribution in [-0.2, 0) is 10.4 Å². The minimum Gasteiger partial charge on any atom is -0.384 e. The minimum atomic E-state index is -1.01. The van der Waals surface area contributed by atoms with E-state index in [0.29, 0.717) is 6.42 Å². The van der Waals surface area contributed by atoms with Gasteiger partial charge in [0.1, 0.15) is 5.60 Å². The Kier molecular flexibility index (Phi) is 3.86. The first-order valence-electron chi connectivity index (χ1n) is 5.11. The fourth-order valence-corrected chi connectivity index (χ4v) is 1.29. The van der Waals surface area contributed by atoms with E-state index in [1.807, 2.05) is 30.3 Å². The van der Waals surface area contributed by atoms with Gasteiger partial charge in [0.15, 0.2) is 0 Å². The van der Waals surface area contributed by atoms with Gasteiger partial charge in [0.2, 0.25) is 5.91 Å². The van der Waals surface area contributed by atoms with Gasteiger partial charge in [-0.05, 0) is 12.5 Å². The van der Waals surface area contributed by atoms with Crippen LogP contribution in [0.25, 0.3) is 0 Å². The largest absolute Gasteiger partial charge is 0.384 e. The van der Waals surface area contributed by atoms with Gasteiger partial charge in [0.25, 0.3) is 0 Å². The van der Waals surface area contributed by atoms with E-state index < -0.39 is 5.60 Å². The van der Waals surface area contributed by atoms with Gasteiger partial charge in [0.05, 0.1) is 6.54 Å². The molecular formula is C12H17NO2. The van der Waals surface area contributed by atoms with Crippen molar-refractivity contribution in [1.29, 1.82) is 0 Å².